The highest BCUT2D eigenvalue weighted by atomic mass is 127. The van der Waals surface area contributed by atoms with Crippen LogP contribution in [0.5, 0.6) is 0 Å². The maximum atomic E-state index is 6.20. The Bertz CT molecular complexity index is 515. The highest BCUT2D eigenvalue weighted by Crippen LogP contribution is 2.34. The Morgan fingerprint density at radius 2 is 2.00 bits per heavy atom. The lowest BCUT2D eigenvalue weighted by Gasteiger charge is -2.23. The number of nitrogens with one attached hydrogen (secondary N) is 2. The molecule has 1 aliphatic carbocycles. The third-order valence-corrected chi connectivity index (χ3v) is 4.62. The van der Waals surface area contributed by atoms with Crippen molar-refractivity contribution in [3.63, 3.8) is 0 Å². The highest BCUT2D eigenvalue weighted by molar-refractivity contribution is 14.0. The van der Waals surface area contributed by atoms with Crippen molar-refractivity contribution in [3.05, 3.63) is 34.9 Å². The van der Waals surface area contributed by atoms with Gasteiger partial charge >= 0.3 is 0 Å². The summed E-state index contributed by atoms with van der Waals surface area (Å²) in [5.74, 6) is 1.71. The Labute approximate surface area is 168 Å². The number of hydrogen-bond acceptors (Lipinski definition) is 2. The normalized spacial score (nSPS) is 15.8. The number of likely N-dealkylation sites (N-methyl/N-ethyl adjacent to an activating group) is 1. The zero-order valence-electron chi connectivity index (χ0n) is 14.9. The summed E-state index contributed by atoms with van der Waals surface area (Å²) in [6, 6.07) is 8.55. The van der Waals surface area contributed by atoms with Gasteiger partial charge in [0.1, 0.15) is 0 Å². The Morgan fingerprint density at radius 1 is 1.29 bits per heavy atom. The third kappa shape index (κ3) is 7.15. The summed E-state index contributed by atoms with van der Waals surface area (Å²) in [6.45, 7) is 4.63. The Kier molecular flexibility index (Phi) is 10.0. The summed E-state index contributed by atoms with van der Waals surface area (Å²) >= 11 is 6.20. The lowest BCUT2D eigenvalue weighted by molar-refractivity contribution is 0.271. The standard InChI is InChI=1S/C18H29ClN4.HI/c1-4-20-18(22-13-17(23(2)3)15-9-10-15)21-12-11-14-7-5-6-8-16(14)19;/h5-8,15,17H,4,9-13H2,1-3H3,(H2,20,21,22);1H. The molecule has 0 amide bonds. The van der Waals surface area contributed by atoms with Crippen LogP contribution in [-0.2, 0) is 6.42 Å². The second kappa shape index (κ2) is 11.2. The predicted octanol–water partition coefficient (Wildman–Crippen LogP) is 3.40. The fraction of sp³-hybridized carbons (Fsp3) is 0.611. The molecule has 2 rings (SSSR count). The van der Waals surface area contributed by atoms with Crippen LogP contribution in [0.1, 0.15) is 25.3 Å². The summed E-state index contributed by atoms with van der Waals surface area (Å²) in [4.78, 5) is 7.07. The van der Waals surface area contributed by atoms with Gasteiger partial charge in [-0.15, -0.1) is 24.0 Å². The molecule has 1 unspecified atom stereocenters. The summed E-state index contributed by atoms with van der Waals surface area (Å²) in [5, 5.41) is 7.57. The monoisotopic (exact) mass is 464 g/mol. The molecule has 0 aliphatic heterocycles. The van der Waals surface area contributed by atoms with E-state index in [0.717, 1.165) is 43.0 Å². The molecule has 4 nitrogen and oxygen atoms in total. The van der Waals surface area contributed by atoms with E-state index in [4.69, 9.17) is 16.6 Å². The number of guanidine groups is 1. The number of aliphatic imine (C=N–C) groups is 1. The van der Waals surface area contributed by atoms with Crippen molar-refractivity contribution in [1.82, 2.24) is 15.5 Å². The lowest BCUT2D eigenvalue weighted by atomic mass is 10.1. The van der Waals surface area contributed by atoms with Crippen LogP contribution >= 0.6 is 35.6 Å². The predicted molar refractivity (Wildman–Crippen MR) is 115 cm³/mol. The van der Waals surface area contributed by atoms with Crippen LogP contribution in [0.25, 0.3) is 0 Å². The highest BCUT2D eigenvalue weighted by Gasteiger charge is 2.32. The van der Waals surface area contributed by atoms with Crippen LogP contribution in [0.2, 0.25) is 5.02 Å². The van der Waals surface area contributed by atoms with Gasteiger partial charge in [0.05, 0.1) is 6.54 Å². The second-order valence-electron chi connectivity index (χ2n) is 6.36. The molecular formula is C18H30ClIN4. The summed E-state index contributed by atoms with van der Waals surface area (Å²) < 4.78 is 0. The summed E-state index contributed by atoms with van der Waals surface area (Å²) in [7, 11) is 4.30. The first kappa shape index (κ1) is 21.5. The molecule has 0 bridgehead atoms. The van der Waals surface area contributed by atoms with Crippen LogP contribution < -0.4 is 10.6 Å². The van der Waals surface area contributed by atoms with Gasteiger partial charge in [0.2, 0.25) is 0 Å². The molecule has 2 N–H and O–H groups in total. The summed E-state index contributed by atoms with van der Waals surface area (Å²) in [6.07, 6.45) is 3.58. The molecule has 0 aromatic heterocycles. The molecule has 1 atom stereocenters. The van der Waals surface area contributed by atoms with Crippen molar-refractivity contribution in [1.29, 1.82) is 0 Å². The van der Waals surface area contributed by atoms with Crippen molar-refractivity contribution in [2.75, 3.05) is 33.7 Å². The maximum Gasteiger partial charge on any atom is 0.191 e. The summed E-state index contributed by atoms with van der Waals surface area (Å²) in [5.41, 5.74) is 1.17. The van der Waals surface area contributed by atoms with Gasteiger partial charge in [-0.2, -0.15) is 0 Å². The van der Waals surface area contributed by atoms with Gasteiger partial charge in [0.15, 0.2) is 5.96 Å². The van der Waals surface area contributed by atoms with Crippen molar-refractivity contribution >= 4 is 41.5 Å². The molecule has 1 saturated carbocycles. The number of rotatable bonds is 8. The van der Waals surface area contributed by atoms with E-state index in [1.54, 1.807) is 0 Å². The molecule has 6 heteroatoms. The fourth-order valence-electron chi connectivity index (χ4n) is 2.76. The van der Waals surface area contributed by atoms with E-state index in [0.29, 0.717) is 6.04 Å². The third-order valence-electron chi connectivity index (χ3n) is 4.25. The molecule has 1 aromatic carbocycles. The molecule has 136 valence electrons. The number of hydrogen-bond donors (Lipinski definition) is 2. The zero-order valence-corrected chi connectivity index (χ0v) is 18.0. The zero-order chi connectivity index (χ0) is 16.7. The minimum atomic E-state index is 0. The van der Waals surface area contributed by atoms with Gasteiger partial charge in [-0.1, -0.05) is 29.8 Å². The molecule has 1 aliphatic rings. The molecule has 0 heterocycles. The van der Waals surface area contributed by atoms with Crippen molar-refractivity contribution in [2.45, 2.75) is 32.2 Å². The molecule has 0 spiro atoms. The quantitative estimate of drug-likeness (QED) is 0.352. The van der Waals surface area contributed by atoms with Crippen molar-refractivity contribution < 1.29 is 0 Å². The van der Waals surface area contributed by atoms with Gasteiger partial charge in [-0.3, -0.25) is 4.99 Å². The number of benzene rings is 1. The van der Waals surface area contributed by atoms with Crippen LogP contribution in [0.4, 0.5) is 0 Å². The van der Waals surface area contributed by atoms with Crippen molar-refractivity contribution in [3.8, 4) is 0 Å². The largest absolute Gasteiger partial charge is 0.357 e. The van der Waals surface area contributed by atoms with E-state index >= 15 is 0 Å². The van der Waals surface area contributed by atoms with E-state index in [2.05, 4.69) is 42.6 Å². The van der Waals surface area contributed by atoms with Crippen molar-refractivity contribution in [2.24, 2.45) is 10.9 Å². The van der Waals surface area contributed by atoms with Gasteiger partial charge in [0.25, 0.3) is 0 Å². The molecule has 0 saturated heterocycles. The number of nitrogens with zero attached hydrogens (tertiary/aromatic N) is 2. The average Bonchev–Trinajstić information content (AvgIpc) is 3.34. The lowest BCUT2D eigenvalue weighted by Crippen LogP contribution is -2.40. The first-order valence-corrected chi connectivity index (χ1v) is 8.91. The van der Waals surface area contributed by atoms with Crippen LogP contribution in [-0.4, -0.2) is 50.6 Å². The Morgan fingerprint density at radius 3 is 2.58 bits per heavy atom. The van der Waals surface area contributed by atoms with Crippen LogP contribution in [0, 0.1) is 5.92 Å². The Balaban J connectivity index is 0.00000288. The maximum absolute atomic E-state index is 6.20. The molecule has 24 heavy (non-hydrogen) atoms. The number of halogens is 2. The minimum Gasteiger partial charge on any atom is -0.357 e. The molecule has 1 fully saturated rings. The molecule has 1 aromatic rings. The van der Waals surface area contributed by atoms with Gasteiger partial charge in [-0.05, 0) is 57.8 Å². The van der Waals surface area contributed by atoms with E-state index in [9.17, 15) is 0 Å². The van der Waals surface area contributed by atoms with E-state index in [-0.39, 0.29) is 24.0 Å². The molecule has 0 radical (unpaired) electrons. The first-order valence-electron chi connectivity index (χ1n) is 8.53. The Hall–Kier alpha value is -0.530. The minimum absolute atomic E-state index is 0. The van der Waals surface area contributed by atoms with E-state index in [1.165, 1.54) is 18.4 Å². The average molecular weight is 465 g/mol. The van der Waals surface area contributed by atoms with Gasteiger partial charge in [0, 0.05) is 24.2 Å². The topological polar surface area (TPSA) is 39.7 Å². The second-order valence-corrected chi connectivity index (χ2v) is 6.76. The van der Waals surface area contributed by atoms with Gasteiger partial charge < -0.3 is 15.5 Å². The van der Waals surface area contributed by atoms with Crippen LogP contribution in [0.3, 0.4) is 0 Å². The smallest absolute Gasteiger partial charge is 0.191 e. The van der Waals surface area contributed by atoms with Gasteiger partial charge in [-0.25, -0.2) is 0 Å². The van der Waals surface area contributed by atoms with E-state index < -0.39 is 0 Å². The fourth-order valence-corrected chi connectivity index (χ4v) is 2.99. The SMILES string of the molecule is CCNC(=NCC(C1CC1)N(C)C)NCCc1ccccc1Cl.I. The molecular weight excluding hydrogens is 435 g/mol. The first-order chi connectivity index (χ1) is 11.1. The van der Waals surface area contributed by atoms with E-state index in [1.807, 2.05) is 18.2 Å². The van der Waals surface area contributed by atoms with Crippen LogP contribution in [0.15, 0.2) is 29.3 Å².